The Hall–Kier alpha value is -0.0100. The lowest BCUT2D eigenvalue weighted by Crippen LogP contribution is -2.41. The average Bonchev–Trinajstić information content (AvgIpc) is 2.39. The van der Waals surface area contributed by atoms with Crippen molar-refractivity contribution in [3.63, 3.8) is 0 Å². The summed E-state index contributed by atoms with van der Waals surface area (Å²) in [5.41, 5.74) is 0. The molecule has 0 aromatic carbocycles. The van der Waals surface area contributed by atoms with Crippen molar-refractivity contribution >= 4 is 30.1 Å². The molecule has 1 aliphatic heterocycles. The van der Waals surface area contributed by atoms with Crippen LogP contribution in [0.15, 0.2) is 0 Å². The molecular weight excluding hydrogens is 288 g/mol. The fourth-order valence-corrected chi connectivity index (χ4v) is 2.64. The van der Waals surface area contributed by atoms with Crippen molar-refractivity contribution in [2.45, 2.75) is 18.9 Å². The predicted octanol–water partition coefficient (Wildman–Crippen LogP) is 0.673. The number of carbonyl (C=O) groups is 1. The molecule has 0 saturated carbocycles. The third-order valence-electron chi connectivity index (χ3n) is 2.65. The predicted molar refractivity (Wildman–Crippen MR) is 81.3 cm³/mol. The lowest BCUT2D eigenvalue weighted by molar-refractivity contribution is -0.121. The zero-order chi connectivity index (χ0) is 13.1. The topological polar surface area (TPSA) is 59.6 Å². The fraction of sp³-hybridized carbons (Fsp3) is 0.917. The minimum atomic E-state index is 0. The van der Waals surface area contributed by atoms with Gasteiger partial charge in [-0.05, 0) is 6.42 Å². The summed E-state index contributed by atoms with van der Waals surface area (Å²) in [6.45, 7) is 3.61. The van der Waals surface area contributed by atoms with E-state index in [0.29, 0.717) is 38.8 Å². The van der Waals surface area contributed by atoms with E-state index in [2.05, 4.69) is 10.6 Å². The maximum absolute atomic E-state index is 11.6. The Balaban J connectivity index is 0.00000324. The van der Waals surface area contributed by atoms with E-state index in [1.165, 1.54) is 0 Å². The third kappa shape index (κ3) is 10.4. The molecule has 1 aliphatic rings. The summed E-state index contributed by atoms with van der Waals surface area (Å²) in [5.74, 6) is 2.32. The number of thioether (sulfide) groups is 1. The maximum Gasteiger partial charge on any atom is 0.221 e. The highest BCUT2D eigenvalue weighted by atomic mass is 35.5. The van der Waals surface area contributed by atoms with Crippen LogP contribution in [0.5, 0.6) is 0 Å². The molecule has 1 unspecified atom stereocenters. The molecule has 5 nitrogen and oxygen atoms in total. The van der Waals surface area contributed by atoms with E-state index in [1.807, 2.05) is 11.8 Å². The Kier molecular flexibility index (Phi) is 13.0. The van der Waals surface area contributed by atoms with Crippen molar-refractivity contribution in [2.24, 2.45) is 0 Å². The Bertz CT molecular complexity index is 229. The van der Waals surface area contributed by atoms with Gasteiger partial charge in [0.2, 0.25) is 5.91 Å². The molecule has 1 atom stereocenters. The largest absolute Gasteiger partial charge is 0.382 e. The highest BCUT2D eigenvalue weighted by Crippen LogP contribution is 2.09. The lowest BCUT2D eigenvalue weighted by atomic mass is 10.2. The molecular formula is C12H25ClN2O3S. The summed E-state index contributed by atoms with van der Waals surface area (Å²) in [6.07, 6.45) is 1.43. The first-order valence-corrected chi connectivity index (χ1v) is 7.63. The molecule has 0 aromatic rings. The van der Waals surface area contributed by atoms with E-state index in [1.54, 1.807) is 7.11 Å². The van der Waals surface area contributed by atoms with Crippen LogP contribution >= 0.6 is 24.2 Å². The molecule has 2 N–H and O–H groups in total. The molecule has 1 heterocycles. The van der Waals surface area contributed by atoms with E-state index in [9.17, 15) is 4.79 Å². The van der Waals surface area contributed by atoms with E-state index >= 15 is 0 Å². The standard InChI is InChI=1S/C12H24N2O3S.ClH/c1-16-6-7-17-5-2-3-14-12(15)9-11-10-18-8-4-13-11;/h11,13H,2-10H2,1H3,(H,14,15);1H. The number of hydrogen-bond donors (Lipinski definition) is 2. The molecule has 114 valence electrons. The van der Waals surface area contributed by atoms with Crippen molar-refractivity contribution in [3.05, 3.63) is 0 Å². The number of nitrogens with one attached hydrogen (secondary N) is 2. The Labute approximate surface area is 126 Å². The SMILES string of the molecule is COCCOCCCNC(=O)CC1CSCCN1.Cl. The molecule has 0 aromatic heterocycles. The maximum atomic E-state index is 11.6. The highest BCUT2D eigenvalue weighted by molar-refractivity contribution is 7.99. The summed E-state index contributed by atoms with van der Waals surface area (Å²) in [4.78, 5) is 11.6. The van der Waals surface area contributed by atoms with Gasteiger partial charge in [0.25, 0.3) is 0 Å². The number of methoxy groups -OCH3 is 1. The van der Waals surface area contributed by atoms with E-state index in [4.69, 9.17) is 9.47 Å². The van der Waals surface area contributed by atoms with Crippen LogP contribution in [0.4, 0.5) is 0 Å². The van der Waals surface area contributed by atoms with E-state index in [0.717, 1.165) is 24.5 Å². The smallest absolute Gasteiger partial charge is 0.221 e. The number of ether oxygens (including phenoxy) is 2. The summed E-state index contributed by atoms with van der Waals surface area (Å²) >= 11 is 1.91. The van der Waals surface area contributed by atoms with E-state index in [-0.39, 0.29) is 18.3 Å². The van der Waals surface area contributed by atoms with Gasteiger partial charge < -0.3 is 20.1 Å². The highest BCUT2D eigenvalue weighted by Gasteiger charge is 2.15. The van der Waals surface area contributed by atoms with Gasteiger partial charge in [-0.1, -0.05) is 0 Å². The monoisotopic (exact) mass is 312 g/mol. The number of amides is 1. The van der Waals surface area contributed by atoms with Crippen molar-refractivity contribution in [1.82, 2.24) is 10.6 Å². The number of halogens is 1. The van der Waals surface area contributed by atoms with Gasteiger partial charge in [0, 0.05) is 50.8 Å². The molecule has 19 heavy (non-hydrogen) atoms. The van der Waals surface area contributed by atoms with Crippen molar-refractivity contribution in [3.8, 4) is 0 Å². The van der Waals surface area contributed by atoms with Crippen LogP contribution in [0.25, 0.3) is 0 Å². The molecule has 1 saturated heterocycles. The zero-order valence-electron chi connectivity index (χ0n) is 11.5. The first-order chi connectivity index (χ1) is 8.83. The molecule has 1 amide bonds. The summed E-state index contributed by atoms with van der Waals surface area (Å²) in [5, 5.41) is 6.28. The summed E-state index contributed by atoms with van der Waals surface area (Å²) in [6, 6.07) is 0.335. The van der Waals surface area contributed by atoms with Gasteiger partial charge >= 0.3 is 0 Å². The lowest BCUT2D eigenvalue weighted by Gasteiger charge is -2.22. The van der Waals surface area contributed by atoms with Crippen LogP contribution in [-0.4, -0.2) is 63.5 Å². The van der Waals surface area contributed by atoms with Crippen LogP contribution in [0.2, 0.25) is 0 Å². The van der Waals surface area contributed by atoms with Gasteiger partial charge in [0.05, 0.1) is 13.2 Å². The second kappa shape index (κ2) is 13.0. The van der Waals surface area contributed by atoms with E-state index < -0.39 is 0 Å². The third-order valence-corrected chi connectivity index (χ3v) is 3.78. The van der Waals surface area contributed by atoms with Crippen LogP contribution in [0.3, 0.4) is 0 Å². The van der Waals surface area contributed by atoms with Gasteiger partial charge in [-0.3, -0.25) is 4.79 Å². The van der Waals surface area contributed by atoms with Crippen LogP contribution < -0.4 is 10.6 Å². The number of carbonyl (C=O) groups excluding carboxylic acids is 1. The van der Waals surface area contributed by atoms with Gasteiger partial charge in [-0.25, -0.2) is 0 Å². The minimum Gasteiger partial charge on any atom is -0.382 e. The molecule has 1 fully saturated rings. The van der Waals surface area contributed by atoms with Gasteiger partial charge in [-0.2, -0.15) is 11.8 Å². The minimum absolute atomic E-state index is 0. The fourth-order valence-electron chi connectivity index (χ4n) is 1.69. The molecule has 0 radical (unpaired) electrons. The summed E-state index contributed by atoms with van der Waals surface area (Å²) < 4.78 is 10.2. The number of rotatable bonds is 9. The molecule has 0 spiro atoms. The number of hydrogen-bond acceptors (Lipinski definition) is 5. The molecule has 0 bridgehead atoms. The van der Waals surface area contributed by atoms with Crippen LogP contribution in [-0.2, 0) is 14.3 Å². The molecule has 7 heteroatoms. The molecule has 1 rings (SSSR count). The van der Waals surface area contributed by atoms with Gasteiger partial charge in [0.15, 0.2) is 0 Å². The van der Waals surface area contributed by atoms with Crippen LogP contribution in [0.1, 0.15) is 12.8 Å². The van der Waals surface area contributed by atoms with Crippen LogP contribution in [0, 0.1) is 0 Å². The van der Waals surface area contributed by atoms with Gasteiger partial charge in [-0.15, -0.1) is 12.4 Å². The van der Waals surface area contributed by atoms with Crippen molar-refractivity contribution in [1.29, 1.82) is 0 Å². The first-order valence-electron chi connectivity index (χ1n) is 6.47. The quantitative estimate of drug-likeness (QED) is 0.613. The summed E-state index contributed by atoms with van der Waals surface area (Å²) in [7, 11) is 1.65. The van der Waals surface area contributed by atoms with Crippen molar-refractivity contribution in [2.75, 3.05) is 51.5 Å². The first kappa shape index (κ1) is 19.0. The second-order valence-corrected chi connectivity index (χ2v) is 5.39. The Morgan fingerprint density at radius 1 is 1.42 bits per heavy atom. The second-order valence-electron chi connectivity index (χ2n) is 4.24. The normalized spacial score (nSPS) is 18.7. The Morgan fingerprint density at radius 2 is 2.26 bits per heavy atom. The zero-order valence-corrected chi connectivity index (χ0v) is 13.1. The molecule has 0 aliphatic carbocycles. The average molecular weight is 313 g/mol. The van der Waals surface area contributed by atoms with Crippen molar-refractivity contribution < 1.29 is 14.3 Å². The Morgan fingerprint density at radius 3 is 2.95 bits per heavy atom. The van der Waals surface area contributed by atoms with Gasteiger partial charge in [0.1, 0.15) is 0 Å².